The van der Waals surface area contributed by atoms with Crippen LogP contribution >= 0.6 is 0 Å². The Morgan fingerprint density at radius 3 is 2.86 bits per heavy atom. The van der Waals surface area contributed by atoms with E-state index in [-0.39, 0.29) is 24.4 Å². The summed E-state index contributed by atoms with van der Waals surface area (Å²) in [5.74, 6) is 1.50. The predicted molar refractivity (Wildman–Crippen MR) is 106 cm³/mol. The van der Waals surface area contributed by atoms with Crippen LogP contribution in [0, 0.1) is 5.82 Å². The molecule has 0 spiro atoms. The summed E-state index contributed by atoms with van der Waals surface area (Å²) in [5.41, 5.74) is 0.820. The summed E-state index contributed by atoms with van der Waals surface area (Å²) in [7, 11) is 0. The summed E-state index contributed by atoms with van der Waals surface area (Å²) in [6.07, 6.45) is 4.89. The van der Waals surface area contributed by atoms with Gasteiger partial charge in [-0.2, -0.15) is 0 Å². The molecular formula is C23H23FN2O3. The SMILES string of the molecule is O=C(COc1ccccc1)N1CCCC[C@H]1c1ncc(Cc2cccc(F)c2)o1. The number of oxazole rings is 1. The van der Waals surface area contributed by atoms with Gasteiger partial charge < -0.3 is 14.1 Å². The Labute approximate surface area is 169 Å². The van der Waals surface area contributed by atoms with Gasteiger partial charge in [-0.15, -0.1) is 0 Å². The highest BCUT2D eigenvalue weighted by Gasteiger charge is 2.31. The lowest BCUT2D eigenvalue weighted by Crippen LogP contribution is -2.41. The highest BCUT2D eigenvalue weighted by atomic mass is 19.1. The van der Waals surface area contributed by atoms with Crippen LogP contribution in [0.25, 0.3) is 0 Å². The number of rotatable bonds is 6. The molecule has 0 bridgehead atoms. The molecule has 0 radical (unpaired) electrons. The van der Waals surface area contributed by atoms with Crippen molar-refractivity contribution in [2.24, 2.45) is 0 Å². The zero-order valence-corrected chi connectivity index (χ0v) is 16.1. The minimum atomic E-state index is -0.273. The van der Waals surface area contributed by atoms with Gasteiger partial charge in [0.15, 0.2) is 6.61 Å². The standard InChI is InChI=1S/C23H23FN2O3/c24-18-8-6-7-17(13-18)14-20-15-25-23(29-20)21-11-4-5-12-26(21)22(27)16-28-19-9-2-1-3-10-19/h1-3,6-10,13,15,21H,4-5,11-12,14,16H2/t21-/m0/s1. The number of halogens is 1. The van der Waals surface area contributed by atoms with Gasteiger partial charge >= 0.3 is 0 Å². The number of hydrogen-bond acceptors (Lipinski definition) is 4. The summed E-state index contributed by atoms with van der Waals surface area (Å²) in [4.78, 5) is 19.0. The summed E-state index contributed by atoms with van der Waals surface area (Å²) in [6.45, 7) is 0.640. The first-order valence-electron chi connectivity index (χ1n) is 9.85. The molecule has 1 aliphatic heterocycles. The Morgan fingerprint density at radius 1 is 1.17 bits per heavy atom. The Hall–Kier alpha value is -3.15. The van der Waals surface area contributed by atoms with Crippen molar-refractivity contribution < 1.29 is 18.3 Å². The van der Waals surface area contributed by atoms with Crippen molar-refractivity contribution in [1.29, 1.82) is 0 Å². The van der Waals surface area contributed by atoms with E-state index in [4.69, 9.17) is 9.15 Å². The molecule has 6 heteroatoms. The molecule has 3 aromatic rings. The number of ether oxygens (including phenoxy) is 1. The monoisotopic (exact) mass is 394 g/mol. The predicted octanol–water partition coefficient (Wildman–Crippen LogP) is 4.54. The molecule has 1 amide bonds. The molecule has 1 aliphatic rings. The fourth-order valence-corrected chi connectivity index (χ4v) is 3.64. The number of benzene rings is 2. The number of carbonyl (C=O) groups is 1. The minimum absolute atomic E-state index is 0.0165. The Balaban J connectivity index is 1.43. The van der Waals surface area contributed by atoms with Crippen molar-refractivity contribution in [3.8, 4) is 5.75 Å². The highest BCUT2D eigenvalue weighted by Crippen LogP contribution is 2.31. The van der Waals surface area contributed by atoms with Crippen molar-refractivity contribution in [3.63, 3.8) is 0 Å². The third-order valence-corrected chi connectivity index (χ3v) is 5.05. The van der Waals surface area contributed by atoms with Crippen LogP contribution < -0.4 is 4.74 Å². The van der Waals surface area contributed by atoms with E-state index in [1.165, 1.54) is 12.1 Å². The van der Waals surface area contributed by atoms with Crippen molar-refractivity contribution >= 4 is 5.91 Å². The Kier molecular flexibility index (Phi) is 5.89. The first kappa shape index (κ1) is 19.2. The molecule has 0 unspecified atom stereocenters. The van der Waals surface area contributed by atoms with E-state index in [0.29, 0.717) is 30.4 Å². The van der Waals surface area contributed by atoms with Crippen LogP contribution in [-0.4, -0.2) is 28.9 Å². The van der Waals surface area contributed by atoms with Crippen LogP contribution in [0.1, 0.15) is 42.5 Å². The maximum Gasteiger partial charge on any atom is 0.261 e. The minimum Gasteiger partial charge on any atom is -0.484 e. The van der Waals surface area contributed by atoms with Gasteiger partial charge in [-0.1, -0.05) is 30.3 Å². The van der Waals surface area contributed by atoms with E-state index in [1.54, 1.807) is 17.2 Å². The normalized spacial score (nSPS) is 16.6. The highest BCUT2D eigenvalue weighted by molar-refractivity contribution is 5.78. The summed E-state index contributed by atoms with van der Waals surface area (Å²) in [5, 5.41) is 0. The second-order valence-corrected chi connectivity index (χ2v) is 7.17. The summed E-state index contributed by atoms with van der Waals surface area (Å²) >= 11 is 0. The van der Waals surface area contributed by atoms with Gasteiger partial charge in [-0.3, -0.25) is 4.79 Å². The average Bonchev–Trinajstić information content (AvgIpc) is 3.21. The largest absolute Gasteiger partial charge is 0.484 e. The van der Waals surface area contributed by atoms with Gasteiger partial charge in [0.05, 0.1) is 6.20 Å². The molecular weight excluding hydrogens is 371 g/mol. The van der Waals surface area contributed by atoms with Gasteiger partial charge in [0.2, 0.25) is 5.89 Å². The topological polar surface area (TPSA) is 55.6 Å². The fourth-order valence-electron chi connectivity index (χ4n) is 3.64. The lowest BCUT2D eigenvalue weighted by Gasteiger charge is -2.33. The van der Waals surface area contributed by atoms with Crippen LogP contribution in [0.2, 0.25) is 0 Å². The first-order valence-corrected chi connectivity index (χ1v) is 9.85. The Bertz CT molecular complexity index is 958. The van der Waals surface area contributed by atoms with E-state index in [1.807, 2.05) is 36.4 Å². The molecule has 0 saturated carbocycles. The van der Waals surface area contributed by atoms with E-state index in [0.717, 1.165) is 24.8 Å². The number of aromatic nitrogens is 1. The molecule has 1 aromatic heterocycles. The average molecular weight is 394 g/mol. The van der Waals surface area contributed by atoms with Crippen LogP contribution in [-0.2, 0) is 11.2 Å². The second-order valence-electron chi connectivity index (χ2n) is 7.17. The smallest absolute Gasteiger partial charge is 0.261 e. The molecule has 0 N–H and O–H groups in total. The molecule has 1 fully saturated rings. The molecule has 0 aliphatic carbocycles. The van der Waals surface area contributed by atoms with E-state index < -0.39 is 0 Å². The van der Waals surface area contributed by atoms with Crippen molar-refractivity contribution in [1.82, 2.24) is 9.88 Å². The Morgan fingerprint density at radius 2 is 2.03 bits per heavy atom. The van der Waals surface area contributed by atoms with E-state index >= 15 is 0 Å². The third-order valence-electron chi connectivity index (χ3n) is 5.05. The number of nitrogens with zero attached hydrogens (tertiary/aromatic N) is 2. The molecule has 29 heavy (non-hydrogen) atoms. The molecule has 2 heterocycles. The zero-order valence-electron chi connectivity index (χ0n) is 16.1. The van der Waals surface area contributed by atoms with Crippen LogP contribution in [0.3, 0.4) is 0 Å². The lowest BCUT2D eigenvalue weighted by molar-refractivity contribution is -0.137. The van der Waals surface area contributed by atoms with Crippen LogP contribution in [0.4, 0.5) is 4.39 Å². The molecule has 1 atom stereocenters. The molecule has 2 aromatic carbocycles. The first-order chi connectivity index (χ1) is 14.2. The number of para-hydroxylation sites is 1. The van der Waals surface area contributed by atoms with E-state index in [2.05, 4.69) is 4.98 Å². The number of piperidine rings is 1. The van der Waals surface area contributed by atoms with Gasteiger partial charge in [0.25, 0.3) is 5.91 Å². The van der Waals surface area contributed by atoms with Crippen LogP contribution in [0.5, 0.6) is 5.75 Å². The number of carbonyl (C=O) groups excluding carboxylic acids is 1. The van der Waals surface area contributed by atoms with Crippen molar-refractivity contribution in [2.75, 3.05) is 13.2 Å². The second kappa shape index (κ2) is 8.90. The molecule has 5 nitrogen and oxygen atoms in total. The molecule has 1 saturated heterocycles. The number of hydrogen-bond donors (Lipinski definition) is 0. The number of likely N-dealkylation sites (tertiary alicyclic amines) is 1. The van der Waals surface area contributed by atoms with Gasteiger partial charge in [-0.05, 0) is 49.1 Å². The van der Waals surface area contributed by atoms with E-state index in [9.17, 15) is 9.18 Å². The molecule has 4 rings (SSSR count). The zero-order chi connectivity index (χ0) is 20.1. The lowest BCUT2D eigenvalue weighted by atomic mass is 10.0. The number of amides is 1. The fraction of sp³-hybridized carbons (Fsp3) is 0.304. The van der Waals surface area contributed by atoms with Gasteiger partial charge in [0, 0.05) is 13.0 Å². The quantitative estimate of drug-likeness (QED) is 0.616. The summed E-state index contributed by atoms with van der Waals surface area (Å²) < 4.78 is 25.0. The van der Waals surface area contributed by atoms with Crippen LogP contribution in [0.15, 0.2) is 65.2 Å². The van der Waals surface area contributed by atoms with Gasteiger partial charge in [0.1, 0.15) is 23.4 Å². The van der Waals surface area contributed by atoms with Crippen molar-refractivity contribution in [2.45, 2.75) is 31.7 Å². The molecule has 150 valence electrons. The van der Waals surface area contributed by atoms with Gasteiger partial charge in [-0.25, -0.2) is 9.37 Å². The summed E-state index contributed by atoms with van der Waals surface area (Å²) in [6, 6.07) is 15.5. The maximum atomic E-state index is 13.4. The van der Waals surface area contributed by atoms with Crippen molar-refractivity contribution in [3.05, 3.63) is 83.8 Å². The third kappa shape index (κ3) is 4.83. The maximum absolute atomic E-state index is 13.4.